The second-order valence-corrected chi connectivity index (χ2v) is 11.8. The summed E-state index contributed by atoms with van der Waals surface area (Å²) in [6.45, 7) is 2.76. The highest BCUT2D eigenvalue weighted by Crippen LogP contribution is 2.24. The van der Waals surface area contributed by atoms with E-state index in [2.05, 4.69) is 35.2 Å². The number of carbonyl (C=O) groups is 1. The molecule has 0 aliphatic carbocycles. The summed E-state index contributed by atoms with van der Waals surface area (Å²) < 4.78 is 24.0. The molecule has 3 heterocycles. The van der Waals surface area contributed by atoms with Crippen LogP contribution in [0.25, 0.3) is 0 Å². The summed E-state index contributed by atoms with van der Waals surface area (Å²) in [6.07, 6.45) is 3.86. The Morgan fingerprint density at radius 1 is 1.07 bits per heavy atom. The quantitative estimate of drug-likeness (QED) is 0.655. The molecule has 1 aromatic carbocycles. The number of carbonyl (C=O) groups excluding carboxylic acids is 1. The Bertz CT molecular complexity index is 921. The molecule has 5 nitrogen and oxygen atoms in total. The van der Waals surface area contributed by atoms with Gasteiger partial charge in [-0.25, -0.2) is 8.42 Å². The normalized spacial score (nSPS) is 22.2. The van der Waals surface area contributed by atoms with E-state index in [9.17, 15) is 13.2 Å². The van der Waals surface area contributed by atoms with E-state index >= 15 is 0 Å². The SMILES string of the molecule is O=C(CN1CCC(Cc2ccccc2)CC1)N(Cc1cccs1)C1CCS(=O)(=O)C1. The Balaban J connectivity index is 1.33. The van der Waals surface area contributed by atoms with Crippen molar-refractivity contribution in [3.8, 4) is 0 Å². The van der Waals surface area contributed by atoms with Crippen LogP contribution < -0.4 is 0 Å². The van der Waals surface area contributed by atoms with Crippen LogP contribution in [0.1, 0.15) is 29.7 Å². The first-order valence-corrected chi connectivity index (χ1v) is 13.5. The minimum absolute atomic E-state index is 0.0620. The van der Waals surface area contributed by atoms with Gasteiger partial charge in [-0.05, 0) is 61.7 Å². The lowest BCUT2D eigenvalue weighted by atomic mass is 9.90. The second-order valence-electron chi connectivity index (χ2n) is 8.57. The first-order valence-electron chi connectivity index (χ1n) is 10.8. The number of hydrogen-bond acceptors (Lipinski definition) is 5. The van der Waals surface area contributed by atoms with Gasteiger partial charge in [0.1, 0.15) is 0 Å². The maximum atomic E-state index is 13.2. The molecule has 30 heavy (non-hydrogen) atoms. The molecule has 7 heteroatoms. The first-order chi connectivity index (χ1) is 14.5. The monoisotopic (exact) mass is 446 g/mol. The predicted octanol–water partition coefficient (Wildman–Crippen LogP) is 3.22. The lowest BCUT2D eigenvalue weighted by Crippen LogP contribution is -2.47. The highest BCUT2D eigenvalue weighted by atomic mass is 32.2. The summed E-state index contributed by atoms with van der Waals surface area (Å²) in [5.41, 5.74) is 1.39. The zero-order valence-corrected chi connectivity index (χ0v) is 18.9. The lowest BCUT2D eigenvalue weighted by molar-refractivity contribution is -0.135. The molecule has 4 rings (SSSR count). The maximum absolute atomic E-state index is 13.2. The van der Waals surface area contributed by atoms with E-state index in [-0.39, 0.29) is 23.5 Å². The summed E-state index contributed by atoms with van der Waals surface area (Å²) in [6, 6.07) is 14.4. The smallest absolute Gasteiger partial charge is 0.237 e. The summed E-state index contributed by atoms with van der Waals surface area (Å²) >= 11 is 1.62. The van der Waals surface area contributed by atoms with Crippen molar-refractivity contribution in [1.82, 2.24) is 9.80 Å². The van der Waals surface area contributed by atoms with Gasteiger partial charge in [0.15, 0.2) is 9.84 Å². The molecule has 2 fully saturated rings. The third-order valence-electron chi connectivity index (χ3n) is 6.31. The van der Waals surface area contributed by atoms with Gasteiger partial charge in [0.05, 0.1) is 24.6 Å². The number of sulfone groups is 1. The van der Waals surface area contributed by atoms with Gasteiger partial charge in [0.2, 0.25) is 5.91 Å². The molecule has 2 saturated heterocycles. The van der Waals surface area contributed by atoms with E-state index in [1.165, 1.54) is 5.56 Å². The standard InChI is InChI=1S/C23H30N2O3S2/c26-23(17-24-11-8-20(9-12-24)15-19-5-2-1-3-6-19)25(16-22-7-4-13-29-22)21-10-14-30(27,28)18-21/h1-7,13,20-21H,8-12,14-18H2. The molecular weight excluding hydrogens is 416 g/mol. The topological polar surface area (TPSA) is 57.7 Å². The number of nitrogens with zero attached hydrogens (tertiary/aromatic N) is 2. The molecule has 2 aliphatic heterocycles. The van der Waals surface area contributed by atoms with Crippen molar-refractivity contribution in [2.75, 3.05) is 31.1 Å². The van der Waals surface area contributed by atoms with Gasteiger partial charge in [0, 0.05) is 10.9 Å². The Morgan fingerprint density at radius 3 is 2.47 bits per heavy atom. The van der Waals surface area contributed by atoms with Crippen LogP contribution in [-0.4, -0.2) is 61.3 Å². The highest BCUT2D eigenvalue weighted by molar-refractivity contribution is 7.91. The van der Waals surface area contributed by atoms with Gasteiger partial charge in [-0.2, -0.15) is 0 Å². The largest absolute Gasteiger partial charge is 0.332 e. The predicted molar refractivity (Wildman–Crippen MR) is 121 cm³/mol. The average Bonchev–Trinajstić information content (AvgIpc) is 3.37. The van der Waals surface area contributed by atoms with Crippen LogP contribution in [-0.2, 0) is 27.6 Å². The van der Waals surface area contributed by atoms with Gasteiger partial charge < -0.3 is 4.90 Å². The van der Waals surface area contributed by atoms with Crippen molar-refractivity contribution in [1.29, 1.82) is 0 Å². The fraction of sp³-hybridized carbons (Fsp3) is 0.522. The van der Waals surface area contributed by atoms with Crippen molar-refractivity contribution in [2.45, 2.75) is 38.3 Å². The van der Waals surface area contributed by atoms with Crippen molar-refractivity contribution in [3.05, 3.63) is 58.3 Å². The van der Waals surface area contributed by atoms with E-state index in [0.29, 0.717) is 25.4 Å². The fourth-order valence-corrected chi connectivity index (χ4v) is 7.02. The van der Waals surface area contributed by atoms with Crippen LogP contribution in [0.3, 0.4) is 0 Å². The van der Waals surface area contributed by atoms with Crippen molar-refractivity contribution < 1.29 is 13.2 Å². The minimum atomic E-state index is -3.03. The van der Waals surface area contributed by atoms with Gasteiger partial charge in [0.25, 0.3) is 0 Å². The summed E-state index contributed by atoms with van der Waals surface area (Å²) in [5.74, 6) is 1.02. The fourth-order valence-electron chi connectivity index (χ4n) is 4.59. The summed E-state index contributed by atoms with van der Waals surface area (Å²) in [4.78, 5) is 18.4. The zero-order chi connectivity index (χ0) is 21.0. The molecule has 0 radical (unpaired) electrons. The maximum Gasteiger partial charge on any atom is 0.237 e. The van der Waals surface area contributed by atoms with Gasteiger partial charge in [-0.3, -0.25) is 9.69 Å². The van der Waals surface area contributed by atoms with Crippen LogP contribution in [0.2, 0.25) is 0 Å². The number of amides is 1. The second kappa shape index (κ2) is 9.62. The number of piperidine rings is 1. The molecule has 0 N–H and O–H groups in total. The lowest BCUT2D eigenvalue weighted by Gasteiger charge is -2.34. The van der Waals surface area contributed by atoms with Crippen LogP contribution in [0.4, 0.5) is 0 Å². The molecule has 1 aromatic heterocycles. The van der Waals surface area contributed by atoms with E-state index in [0.717, 1.165) is 37.2 Å². The Hall–Kier alpha value is -1.70. The zero-order valence-electron chi connectivity index (χ0n) is 17.3. The van der Waals surface area contributed by atoms with Crippen molar-refractivity contribution in [2.24, 2.45) is 5.92 Å². The van der Waals surface area contributed by atoms with Crippen LogP contribution in [0.5, 0.6) is 0 Å². The van der Waals surface area contributed by atoms with Crippen LogP contribution in [0.15, 0.2) is 47.8 Å². The molecule has 0 spiro atoms. The number of benzene rings is 1. The number of hydrogen-bond donors (Lipinski definition) is 0. The Morgan fingerprint density at radius 2 is 1.83 bits per heavy atom. The average molecular weight is 447 g/mol. The molecule has 0 saturated carbocycles. The number of likely N-dealkylation sites (tertiary alicyclic amines) is 1. The molecule has 0 bridgehead atoms. The number of rotatable bonds is 7. The minimum Gasteiger partial charge on any atom is -0.332 e. The van der Waals surface area contributed by atoms with Gasteiger partial charge in [-0.1, -0.05) is 36.4 Å². The Labute approximate surface area is 183 Å². The molecule has 1 amide bonds. The van der Waals surface area contributed by atoms with Crippen molar-refractivity contribution >= 4 is 27.1 Å². The molecule has 162 valence electrons. The molecular formula is C23H30N2O3S2. The van der Waals surface area contributed by atoms with Crippen LogP contribution >= 0.6 is 11.3 Å². The third-order valence-corrected chi connectivity index (χ3v) is 8.92. The highest BCUT2D eigenvalue weighted by Gasteiger charge is 2.35. The Kier molecular flexibility index (Phi) is 6.91. The summed E-state index contributed by atoms with van der Waals surface area (Å²) in [7, 11) is -3.03. The first kappa shape index (κ1) is 21.5. The van der Waals surface area contributed by atoms with Crippen molar-refractivity contribution in [3.63, 3.8) is 0 Å². The van der Waals surface area contributed by atoms with E-state index in [1.54, 1.807) is 11.3 Å². The molecule has 1 unspecified atom stereocenters. The van der Waals surface area contributed by atoms with Gasteiger partial charge >= 0.3 is 0 Å². The third kappa shape index (κ3) is 5.71. The van der Waals surface area contributed by atoms with E-state index in [4.69, 9.17) is 0 Å². The molecule has 1 atom stereocenters. The molecule has 2 aliphatic rings. The number of thiophene rings is 1. The van der Waals surface area contributed by atoms with E-state index < -0.39 is 9.84 Å². The van der Waals surface area contributed by atoms with Crippen LogP contribution in [0, 0.1) is 5.92 Å². The summed E-state index contributed by atoms with van der Waals surface area (Å²) in [5, 5.41) is 2.00. The van der Waals surface area contributed by atoms with E-state index in [1.807, 2.05) is 22.4 Å². The van der Waals surface area contributed by atoms with Gasteiger partial charge in [-0.15, -0.1) is 11.3 Å². The molecule has 2 aromatic rings.